The van der Waals surface area contributed by atoms with Crippen molar-refractivity contribution in [3.63, 3.8) is 0 Å². The Bertz CT molecular complexity index is 1400. The number of hydrogen-bond acceptors (Lipinski definition) is 7. The average Bonchev–Trinajstić information content (AvgIpc) is 3.32. The van der Waals surface area contributed by atoms with E-state index in [9.17, 15) is 9.59 Å². The zero-order valence-corrected chi connectivity index (χ0v) is 19.7. The fourth-order valence-corrected chi connectivity index (χ4v) is 3.78. The molecule has 0 saturated heterocycles. The molecule has 0 bridgehead atoms. The fraction of sp³-hybridized carbons (Fsp3) is 0.250. The average molecular weight is 483 g/mol. The maximum atomic E-state index is 13.3. The van der Waals surface area contributed by atoms with E-state index in [4.69, 9.17) is 25.6 Å². The second-order valence-corrected chi connectivity index (χ2v) is 7.98. The third-order valence-electron chi connectivity index (χ3n) is 5.24. The Labute approximate surface area is 200 Å². The molecule has 2 aromatic carbocycles. The minimum absolute atomic E-state index is 0.0923. The zero-order valence-electron chi connectivity index (χ0n) is 18.9. The first-order valence-electron chi connectivity index (χ1n) is 10.6. The second-order valence-electron chi connectivity index (χ2n) is 7.54. The molecule has 0 saturated carbocycles. The van der Waals surface area contributed by atoms with E-state index in [0.29, 0.717) is 57.5 Å². The Hall–Kier alpha value is -3.85. The summed E-state index contributed by atoms with van der Waals surface area (Å²) in [6, 6.07) is 11.7. The van der Waals surface area contributed by atoms with Crippen molar-refractivity contribution in [2.45, 2.75) is 19.9 Å². The number of halogens is 1. The van der Waals surface area contributed by atoms with Gasteiger partial charge >= 0.3 is 0 Å². The number of methoxy groups -OCH3 is 2. The van der Waals surface area contributed by atoms with Gasteiger partial charge in [0.1, 0.15) is 17.3 Å². The van der Waals surface area contributed by atoms with E-state index < -0.39 is 0 Å². The molecule has 0 fully saturated rings. The number of ether oxygens (including phenoxy) is 2. The number of carbonyl (C=O) groups excluding carboxylic acids is 1. The number of rotatable bonds is 8. The summed E-state index contributed by atoms with van der Waals surface area (Å²) in [5, 5.41) is 4.87. The molecule has 176 valence electrons. The van der Waals surface area contributed by atoms with Crippen LogP contribution in [-0.2, 0) is 6.54 Å². The number of aromatic amines is 1. The van der Waals surface area contributed by atoms with Crippen LogP contribution in [0.2, 0.25) is 5.02 Å². The molecule has 4 rings (SSSR count). The number of nitrogens with zero attached hydrogens (tertiary/aromatic N) is 3. The normalized spacial score (nSPS) is 10.9. The number of hydrogen-bond donors (Lipinski definition) is 1. The SMILES string of the molecule is CCCN(Cc1nc2cc(Cl)ccc2c(=O)[nH]1)C(=O)c1cc(-c2cc(OC)ccc2OC)on1. The van der Waals surface area contributed by atoms with E-state index in [-0.39, 0.29) is 23.7 Å². The van der Waals surface area contributed by atoms with Crippen molar-refractivity contribution < 1.29 is 18.8 Å². The molecule has 0 spiro atoms. The van der Waals surface area contributed by atoms with Crippen molar-refractivity contribution >= 4 is 28.4 Å². The van der Waals surface area contributed by atoms with E-state index in [0.717, 1.165) is 0 Å². The number of aromatic nitrogens is 3. The van der Waals surface area contributed by atoms with Crippen LogP contribution in [0.4, 0.5) is 0 Å². The smallest absolute Gasteiger partial charge is 0.276 e. The van der Waals surface area contributed by atoms with Gasteiger partial charge in [0.05, 0.1) is 37.2 Å². The van der Waals surface area contributed by atoms with Crippen LogP contribution in [-0.4, -0.2) is 46.7 Å². The van der Waals surface area contributed by atoms with Gasteiger partial charge in [-0.1, -0.05) is 23.7 Å². The first-order valence-corrected chi connectivity index (χ1v) is 11.0. The summed E-state index contributed by atoms with van der Waals surface area (Å²) in [5.74, 6) is 1.52. The first-order chi connectivity index (χ1) is 16.4. The highest BCUT2D eigenvalue weighted by Crippen LogP contribution is 2.34. The molecule has 1 N–H and O–H groups in total. The summed E-state index contributed by atoms with van der Waals surface area (Å²) < 4.78 is 16.1. The molecule has 0 unspecified atom stereocenters. The minimum atomic E-state index is -0.354. The van der Waals surface area contributed by atoms with Gasteiger partial charge in [0.25, 0.3) is 11.5 Å². The minimum Gasteiger partial charge on any atom is -0.497 e. The lowest BCUT2D eigenvalue weighted by Crippen LogP contribution is -2.33. The topological polar surface area (TPSA) is 111 Å². The van der Waals surface area contributed by atoms with E-state index in [1.54, 1.807) is 61.6 Å². The highest BCUT2D eigenvalue weighted by atomic mass is 35.5. The van der Waals surface area contributed by atoms with Crippen LogP contribution in [0.5, 0.6) is 11.5 Å². The van der Waals surface area contributed by atoms with Gasteiger partial charge in [-0.2, -0.15) is 0 Å². The molecule has 0 radical (unpaired) electrons. The Morgan fingerprint density at radius 1 is 1.15 bits per heavy atom. The third kappa shape index (κ3) is 4.74. The van der Waals surface area contributed by atoms with Gasteiger partial charge in [-0.05, 0) is 42.8 Å². The van der Waals surface area contributed by atoms with E-state index in [1.807, 2.05) is 6.92 Å². The molecule has 34 heavy (non-hydrogen) atoms. The standard InChI is InChI=1S/C24H23ClN4O5/c1-4-9-29(13-22-26-18-10-14(25)5-7-16(18)23(30)27-22)24(31)19-12-21(34-28-19)17-11-15(32-2)6-8-20(17)33-3/h5-8,10-12H,4,9,13H2,1-3H3,(H,26,27,30). The molecule has 2 aromatic heterocycles. The highest BCUT2D eigenvalue weighted by molar-refractivity contribution is 6.31. The molecule has 0 aliphatic rings. The lowest BCUT2D eigenvalue weighted by molar-refractivity contribution is 0.0728. The quantitative estimate of drug-likeness (QED) is 0.398. The zero-order chi connectivity index (χ0) is 24.2. The summed E-state index contributed by atoms with van der Waals surface area (Å²) in [6.07, 6.45) is 0.698. The van der Waals surface area contributed by atoms with Gasteiger partial charge in [-0.15, -0.1) is 0 Å². The van der Waals surface area contributed by atoms with E-state index in [1.165, 1.54) is 0 Å². The Morgan fingerprint density at radius 3 is 2.71 bits per heavy atom. The molecule has 9 nitrogen and oxygen atoms in total. The highest BCUT2D eigenvalue weighted by Gasteiger charge is 2.23. The van der Waals surface area contributed by atoms with Crippen LogP contribution in [0.1, 0.15) is 29.7 Å². The number of H-pyrrole nitrogens is 1. The Morgan fingerprint density at radius 2 is 1.97 bits per heavy atom. The molecule has 0 aliphatic heterocycles. The molecule has 2 heterocycles. The second kappa shape index (κ2) is 9.96. The van der Waals surface area contributed by atoms with Crippen LogP contribution in [0.25, 0.3) is 22.2 Å². The summed E-state index contributed by atoms with van der Waals surface area (Å²) in [7, 11) is 3.10. The maximum Gasteiger partial charge on any atom is 0.276 e. The molecule has 10 heteroatoms. The van der Waals surface area contributed by atoms with Crippen LogP contribution < -0.4 is 15.0 Å². The van der Waals surface area contributed by atoms with Gasteiger partial charge in [0.2, 0.25) is 0 Å². The van der Waals surface area contributed by atoms with Gasteiger partial charge in [-0.3, -0.25) is 9.59 Å². The number of amides is 1. The van der Waals surface area contributed by atoms with Crippen LogP contribution in [0.15, 0.2) is 51.8 Å². The van der Waals surface area contributed by atoms with Gasteiger partial charge in [-0.25, -0.2) is 4.98 Å². The van der Waals surface area contributed by atoms with E-state index in [2.05, 4.69) is 15.1 Å². The number of fused-ring (bicyclic) bond motifs is 1. The van der Waals surface area contributed by atoms with Crippen molar-refractivity contribution in [3.05, 3.63) is 69.4 Å². The summed E-state index contributed by atoms with van der Waals surface area (Å²) >= 11 is 6.05. The molecular weight excluding hydrogens is 460 g/mol. The van der Waals surface area contributed by atoms with Gasteiger partial charge in [0, 0.05) is 17.6 Å². The largest absolute Gasteiger partial charge is 0.497 e. The Balaban J connectivity index is 1.63. The predicted molar refractivity (Wildman–Crippen MR) is 127 cm³/mol. The number of carbonyl (C=O) groups is 1. The molecule has 0 atom stereocenters. The van der Waals surface area contributed by atoms with Gasteiger partial charge < -0.3 is 23.9 Å². The van der Waals surface area contributed by atoms with Gasteiger partial charge in [0.15, 0.2) is 11.5 Å². The molecule has 4 aromatic rings. The number of nitrogens with one attached hydrogen (secondary N) is 1. The van der Waals surface area contributed by atoms with E-state index >= 15 is 0 Å². The predicted octanol–water partition coefficient (Wildman–Crippen LogP) is 4.30. The summed E-state index contributed by atoms with van der Waals surface area (Å²) in [4.78, 5) is 34.5. The summed E-state index contributed by atoms with van der Waals surface area (Å²) in [5.41, 5.74) is 0.894. The lowest BCUT2D eigenvalue weighted by atomic mass is 10.1. The van der Waals surface area contributed by atoms with Crippen LogP contribution >= 0.6 is 11.6 Å². The van der Waals surface area contributed by atoms with Crippen LogP contribution in [0.3, 0.4) is 0 Å². The Kier molecular flexibility index (Phi) is 6.83. The van der Waals surface area contributed by atoms with Crippen molar-refractivity contribution in [3.8, 4) is 22.8 Å². The van der Waals surface area contributed by atoms with Crippen molar-refractivity contribution in [2.75, 3.05) is 20.8 Å². The first kappa shape index (κ1) is 23.3. The lowest BCUT2D eigenvalue weighted by Gasteiger charge is -2.20. The fourth-order valence-electron chi connectivity index (χ4n) is 3.61. The van der Waals surface area contributed by atoms with Crippen LogP contribution in [0, 0.1) is 0 Å². The van der Waals surface area contributed by atoms with Crippen molar-refractivity contribution in [1.29, 1.82) is 0 Å². The maximum absolute atomic E-state index is 13.3. The third-order valence-corrected chi connectivity index (χ3v) is 5.48. The molecular formula is C24H23ClN4O5. The number of benzene rings is 2. The van der Waals surface area contributed by atoms with Crippen molar-refractivity contribution in [2.24, 2.45) is 0 Å². The molecule has 1 amide bonds. The van der Waals surface area contributed by atoms with Crippen molar-refractivity contribution in [1.82, 2.24) is 20.0 Å². The monoisotopic (exact) mass is 482 g/mol. The summed E-state index contributed by atoms with van der Waals surface area (Å²) in [6.45, 7) is 2.47. The molecule has 0 aliphatic carbocycles.